The molecule has 0 radical (unpaired) electrons. The van der Waals surface area contributed by atoms with E-state index in [-0.39, 0.29) is 0 Å². The highest BCUT2D eigenvalue weighted by Crippen LogP contribution is 1.90. The van der Waals surface area contributed by atoms with Crippen LogP contribution in [0.1, 0.15) is 25.7 Å². The molecule has 0 saturated carbocycles. The lowest BCUT2D eigenvalue weighted by molar-refractivity contribution is 0.144. The van der Waals surface area contributed by atoms with Gasteiger partial charge in [-0.2, -0.15) is 0 Å². The lowest BCUT2D eigenvalue weighted by atomic mass is 10.3. The molecular weight excluding hydrogens is 307 g/mol. The van der Waals surface area contributed by atoms with Crippen molar-refractivity contribution in [3.63, 3.8) is 0 Å². The maximum Gasteiger partial charge on any atom is 0.407 e. The Bertz CT molecular complexity index is 242. The Morgan fingerprint density at radius 3 is 1.50 bits per heavy atom. The van der Waals surface area contributed by atoms with E-state index in [1.54, 1.807) is 0 Å². The Morgan fingerprint density at radius 2 is 1.15 bits per heavy atom. The minimum absolute atomic E-state index is 0.324. The molecule has 0 saturated heterocycles. The largest absolute Gasteiger partial charge is 0.450 e. The third-order valence-corrected chi connectivity index (χ3v) is 2.70. The first-order chi connectivity index (χ1) is 9.70. The van der Waals surface area contributed by atoms with E-state index in [0.717, 1.165) is 12.8 Å². The number of nitrogens with one attached hydrogen (secondary N) is 2. The summed E-state index contributed by atoms with van der Waals surface area (Å²) >= 11 is 10.9. The zero-order valence-corrected chi connectivity index (χ0v) is 13.0. The van der Waals surface area contributed by atoms with Crippen LogP contribution < -0.4 is 10.6 Å². The molecule has 2 N–H and O–H groups in total. The van der Waals surface area contributed by atoms with Gasteiger partial charge in [0.1, 0.15) is 0 Å². The van der Waals surface area contributed by atoms with Crippen molar-refractivity contribution in [3.05, 3.63) is 0 Å². The van der Waals surface area contributed by atoms with E-state index in [1.807, 2.05) is 0 Å². The van der Waals surface area contributed by atoms with E-state index >= 15 is 0 Å². The van der Waals surface area contributed by atoms with Crippen molar-refractivity contribution < 1.29 is 19.1 Å². The second-order valence-corrected chi connectivity index (χ2v) is 4.67. The smallest absolute Gasteiger partial charge is 0.407 e. The van der Waals surface area contributed by atoms with E-state index in [2.05, 4.69) is 10.6 Å². The van der Waals surface area contributed by atoms with Gasteiger partial charge in [0.2, 0.25) is 0 Å². The number of halogens is 2. The van der Waals surface area contributed by atoms with Crippen LogP contribution in [0.3, 0.4) is 0 Å². The van der Waals surface area contributed by atoms with Crippen LogP contribution in [0.4, 0.5) is 9.59 Å². The van der Waals surface area contributed by atoms with Gasteiger partial charge in [0.15, 0.2) is 0 Å². The minimum Gasteiger partial charge on any atom is -0.450 e. The molecule has 0 rings (SSSR count). The molecule has 0 atom stereocenters. The van der Waals surface area contributed by atoms with E-state index in [9.17, 15) is 9.59 Å². The molecule has 0 aliphatic carbocycles. The van der Waals surface area contributed by atoms with Crippen LogP contribution >= 0.6 is 23.2 Å². The van der Waals surface area contributed by atoms with Gasteiger partial charge in [0, 0.05) is 24.8 Å². The fraction of sp³-hybridized carbons (Fsp3) is 0.833. The first kappa shape index (κ1) is 19.1. The normalized spacial score (nSPS) is 9.90. The van der Waals surface area contributed by atoms with Gasteiger partial charge < -0.3 is 20.1 Å². The zero-order chi connectivity index (χ0) is 15.1. The molecule has 0 aliphatic rings. The van der Waals surface area contributed by atoms with Crippen molar-refractivity contribution in [2.75, 3.05) is 38.1 Å². The highest BCUT2D eigenvalue weighted by atomic mass is 35.5. The fourth-order valence-corrected chi connectivity index (χ4v) is 1.39. The number of amides is 2. The molecule has 6 nitrogen and oxygen atoms in total. The van der Waals surface area contributed by atoms with Crippen LogP contribution in [0.2, 0.25) is 0 Å². The van der Waals surface area contributed by atoms with Crippen LogP contribution in [-0.4, -0.2) is 50.2 Å². The number of alkyl carbamates (subject to hydrolysis) is 2. The number of hydrogen-bond donors (Lipinski definition) is 2. The lowest BCUT2D eigenvalue weighted by Gasteiger charge is -2.07. The number of hydrogen-bond acceptors (Lipinski definition) is 4. The molecule has 0 aromatic rings. The molecule has 0 aliphatic heterocycles. The van der Waals surface area contributed by atoms with E-state index in [1.165, 1.54) is 0 Å². The monoisotopic (exact) mass is 328 g/mol. The molecule has 0 spiro atoms. The Labute approximate surface area is 129 Å². The highest BCUT2D eigenvalue weighted by Gasteiger charge is 2.02. The molecule has 0 heterocycles. The van der Waals surface area contributed by atoms with Gasteiger partial charge in [-0.25, -0.2) is 9.59 Å². The van der Waals surface area contributed by atoms with Gasteiger partial charge in [-0.1, -0.05) is 0 Å². The molecule has 8 heteroatoms. The van der Waals surface area contributed by atoms with Crippen LogP contribution in [0.25, 0.3) is 0 Å². The van der Waals surface area contributed by atoms with Crippen molar-refractivity contribution in [1.29, 1.82) is 0 Å². The van der Waals surface area contributed by atoms with Crippen LogP contribution in [0.15, 0.2) is 0 Å². The van der Waals surface area contributed by atoms with Crippen molar-refractivity contribution in [3.8, 4) is 0 Å². The first-order valence-corrected chi connectivity index (χ1v) is 7.70. The van der Waals surface area contributed by atoms with Crippen LogP contribution in [0, 0.1) is 0 Å². The summed E-state index contributed by atoms with van der Waals surface area (Å²) in [6, 6.07) is 0. The zero-order valence-electron chi connectivity index (χ0n) is 11.5. The van der Waals surface area contributed by atoms with Crippen molar-refractivity contribution in [1.82, 2.24) is 10.6 Å². The maximum absolute atomic E-state index is 11.1. The molecular formula is C12H22Cl2N2O4. The van der Waals surface area contributed by atoms with Gasteiger partial charge in [-0.3, -0.25) is 0 Å². The Morgan fingerprint density at radius 1 is 0.750 bits per heavy atom. The quantitative estimate of drug-likeness (QED) is 0.451. The van der Waals surface area contributed by atoms with Gasteiger partial charge in [0.05, 0.1) is 13.2 Å². The summed E-state index contributed by atoms with van der Waals surface area (Å²) in [4.78, 5) is 22.3. The second-order valence-electron chi connectivity index (χ2n) is 3.92. The van der Waals surface area contributed by atoms with E-state index in [0.29, 0.717) is 50.9 Å². The third-order valence-electron chi connectivity index (χ3n) is 2.16. The summed E-state index contributed by atoms with van der Waals surface area (Å²) in [5.74, 6) is 0.944. The third kappa shape index (κ3) is 13.5. The number of carbonyl (C=O) groups excluding carboxylic acids is 2. The van der Waals surface area contributed by atoms with Gasteiger partial charge in [0.25, 0.3) is 0 Å². The molecule has 0 aromatic carbocycles. The minimum atomic E-state index is -0.441. The van der Waals surface area contributed by atoms with Crippen molar-refractivity contribution >= 4 is 35.4 Å². The van der Waals surface area contributed by atoms with Crippen molar-refractivity contribution in [2.45, 2.75) is 25.7 Å². The molecule has 2 amide bonds. The highest BCUT2D eigenvalue weighted by molar-refractivity contribution is 6.18. The SMILES string of the molecule is O=C(NCCCCNC(=O)OCCCCl)OCCCCl. The van der Waals surface area contributed by atoms with E-state index in [4.69, 9.17) is 32.7 Å². The van der Waals surface area contributed by atoms with Crippen LogP contribution in [0.5, 0.6) is 0 Å². The Hall–Kier alpha value is -0.880. The number of alkyl halides is 2. The number of ether oxygens (including phenoxy) is 2. The Kier molecular flexibility index (Phi) is 13.9. The summed E-state index contributed by atoms with van der Waals surface area (Å²) in [5.41, 5.74) is 0. The average Bonchev–Trinajstić information content (AvgIpc) is 2.43. The number of carbonyl (C=O) groups is 2. The predicted molar refractivity (Wildman–Crippen MR) is 78.6 cm³/mol. The average molecular weight is 329 g/mol. The lowest BCUT2D eigenvalue weighted by Crippen LogP contribution is -2.28. The fourth-order valence-electron chi connectivity index (χ4n) is 1.17. The summed E-state index contributed by atoms with van der Waals surface area (Å²) < 4.78 is 9.69. The first-order valence-electron chi connectivity index (χ1n) is 6.64. The molecule has 0 fully saturated rings. The number of unbranched alkanes of at least 4 members (excludes halogenated alkanes) is 1. The topological polar surface area (TPSA) is 76.7 Å². The summed E-state index contributed by atoms with van der Waals surface area (Å²) in [5, 5.41) is 5.22. The van der Waals surface area contributed by atoms with Crippen LogP contribution in [-0.2, 0) is 9.47 Å². The summed E-state index contributed by atoms with van der Waals surface area (Å²) in [7, 11) is 0. The molecule has 118 valence electrons. The van der Waals surface area contributed by atoms with E-state index < -0.39 is 12.2 Å². The second kappa shape index (κ2) is 14.5. The van der Waals surface area contributed by atoms with Gasteiger partial charge in [-0.15, -0.1) is 23.2 Å². The van der Waals surface area contributed by atoms with Gasteiger partial charge >= 0.3 is 12.2 Å². The summed E-state index contributed by atoms with van der Waals surface area (Å²) in [6.45, 7) is 1.65. The van der Waals surface area contributed by atoms with Gasteiger partial charge in [-0.05, 0) is 25.7 Å². The molecule has 20 heavy (non-hydrogen) atoms. The molecule has 0 unspecified atom stereocenters. The Balaban J connectivity index is 3.27. The maximum atomic E-state index is 11.1. The van der Waals surface area contributed by atoms with Crippen molar-refractivity contribution in [2.24, 2.45) is 0 Å². The predicted octanol–water partition coefficient (Wildman–Crippen LogP) is 2.48. The molecule has 0 aromatic heterocycles. The number of rotatable bonds is 11. The standard InChI is InChI=1S/C12H22Cl2N2O4/c13-5-3-9-19-11(17)15-7-1-2-8-16-12(18)20-10-4-6-14/h1-10H2,(H,15,17)(H,16,18). The molecule has 0 bridgehead atoms. The summed E-state index contributed by atoms with van der Waals surface area (Å²) in [6.07, 6.45) is 1.89.